The molecule has 0 atom stereocenters. The van der Waals surface area contributed by atoms with E-state index >= 15 is 0 Å². The number of benzene rings is 1. The van der Waals surface area contributed by atoms with Crippen molar-refractivity contribution in [3.05, 3.63) is 35.0 Å². The maximum absolute atomic E-state index is 9.38. The third-order valence-corrected chi connectivity index (χ3v) is 2.30. The van der Waals surface area contributed by atoms with E-state index in [0.29, 0.717) is 0 Å². The Morgan fingerprint density at radius 1 is 1.00 bits per heavy atom. The Labute approximate surface area is 114 Å². The number of hydrogen-bond acceptors (Lipinski definition) is 7. The number of nitrogens with two attached hydrogens (primary N) is 1. The van der Waals surface area contributed by atoms with Crippen LogP contribution < -0.4 is 5.73 Å². The molecule has 0 fully saturated rings. The summed E-state index contributed by atoms with van der Waals surface area (Å²) < 4.78 is 0. The first-order valence-corrected chi connectivity index (χ1v) is 5.11. The molecule has 0 saturated carbocycles. The van der Waals surface area contributed by atoms with Crippen LogP contribution in [0, 0.1) is 34.0 Å². The van der Waals surface area contributed by atoms with E-state index in [-0.39, 0.29) is 22.4 Å². The zero-order valence-corrected chi connectivity index (χ0v) is 9.99. The van der Waals surface area contributed by atoms with Gasteiger partial charge in [-0.3, -0.25) is 0 Å². The molecule has 7 heteroatoms. The van der Waals surface area contributed by atoms with Crippen molar-refractivity contribution in [3.8, 4) is 35.5 Å². The Hall–Kier alpha value is -3.63. The van der Waals surface area contributed by atoms with E-state index in [1.165, 1.54) is 0 Å². The highest BCUT2D eigenvalue weighted by Gasteiger charge is 2.13. The fraction of sp³-hybridized carbons (Fsp3) is 0. The standard InChI is InChI=1S/C13H8N4O3/c14-4-7(5-15)1-10(17)9(6-16)8-2-11(18)13(20)12(19)3-8/h1-3,18-20H,17H2/b10-9-. The number of nitriles is 3. The molecule has 0 bridgehead atoms. The molecule has 20 heavy (non-hydrogen) atoms. The number of allylic oxidation sites excluding steroid dienone is 3. The minimum atomic E-state index is -0.727. The lowest BCUT2D eigenvalue weighted by Crippen LogP contribution is -1.99. The second kappa shape index (κ2) is 5.81. The summed E-state index contributed by atoms with van der Waals surface area (Å²) in [5, 5.41) is 54.2. The molecule has 0 aliphatic rings. The van der Waals surface area contributed by atoms with E-state index in [2.05, 4.69) is 0 Å². The minimum Gasteiger partial charge on any atom is -0.504 e. The summed E-state index contributed by atoms with van der Waals surface area (Å²) in [6, 6.07) is 6.94. The van der Waals surface area contributed by atoms with Gasteiger partial charge in [0, 0.05) is 5.56 Å². The third-order valence-electron chi connectivity index (χ3n) is 2.30. The largest absolute Gasteiger partial charge is 0.504 e. The Morgan fingerprint density at radius 2 is 1.50 bits per heavy atom. The van der Waals surface area contributed by atoms with Crippen molar-refractivity contribution in [1.82, 2.24) is 0 Å². The number of nitrogens with zero attached hydrogens (tertiary/aromatic N) is 3. The van der Waals surface area contributed by atoms with Gasteiger partial charge in [0.2, 0.25) is 0 Å². The number of aromatic hydroxyl groups is 3. The van der Waals surface area contributed by atoms with Gasteiger partial charge < -0.3 is 21.1 Å². The van der Waals surface area contributed by atoms with Gasteiger partial charge in [0.25, 0.3) is 0 Å². The number of phenolic OH excluding ortho intramolecular Hbond substituents is 3. The van der Waals surface area contributed by atoms with Gasteiger partial charge >= 0.3 is 0 Å². The van der Waals surface area contributed by atoms with Gasteiger partial charge in [0.15, 0.2) is 17.2 Å². The van der Waals surface area contributed by atoms with Gasteiger partial charge in [0.05, 0.1) is 11.3 Å². The van der Waals surface area contributed by atoms with Gasteiger partial charge in [-0.1, -0.05) is 0 Å². The summed E-state index contributed by atoms with van der Waals surface area (Å²) in [6.07, 6.45) is 1.000. The first kappa shape index (κ1) is 14.4. The molecule has 0 saturated heterocycles. The van der Waals surface area contributed by atoms with Gasteiger partial charge in [-0.2, -0.15) is 15.8 Å². The molecule has 0 spiro atoms. The van der Waals surface area contributed by atoms with Crippen molar-refractivity contribution in [2.45, 2.75) is 0 Å². The molecule has 0 aliphatic carbocycles. The van der Waals surface area contributed by atoms with Crippen LogP contribution in [0.4, 0.5) is 0 Å². The van der Waals surface area contributed by atoms with Crippen molar-refractivity contribution < 1.29 is 15.3 Å². The molecule has 98 valence electrons. The molecule has 0 aliphatic heterocycles. The van der Waals surface area contributed by atoms with Crippen LogP contribution >= 0.6 is 0 Å². The second-order valence-corrected chi connectivity index (χ2v) is 3.59. The summed E-state index contributed by atoms with van der Waals surface area (Å²) in [7, 11) is 0. The summed E-state index contributed by atoms with van der Waals surface area (Å²) in [5.74, 6) is -1.99. The summed E-state index contributed by atoms with van der Waals surface area (Å²) in [4.78, 5) is 0. The Morgan fingerprint density at radius 3 is 1.90 bits per heavy atom. The van der Waals surface area contributed by atoms with Crippen LogP contribution in [0.15, 0.2) is 29.5 Å². The van der Waals surface area contributed by atoms with E-state index in [1.807, 2.05) is 0 Å². The fourth-order valence-electron chi connectivity index (χ4n) is 1.36. The predicted octanol–water partition coefficient (Wildman–Crippen LogP) is 0.970. The van der Waals surface area contributed by atoms with Gasteiger partial charge in [-0.05, 0) is 18.2 Å². The van der Waals surface area contributed by atoms with Crippen LogP contribution in [0.1, 0.15) is 5.56 Å². The van der Waals surface area contributed by atoms with Crippen LogP contribution in [-0.2, 0) is 0 Å². The van der Waals surface area contributed by atoms with Crippen molar-refractivity contribution in [1.29, 1.82) is 15.8 Å². The summed E-state index contributed by atoms with van der Waals surface area (Å²) in [6.45, 7) is 0. The molecule has 0 amide bonds. The smallest absolute Gasteiger partial charge is 0.200 e. The zero-order chi connectivity index (χ0) is 15.3. The summed E-state index contributed by atoms with van der Waals surface area (Å²) in [5.41, 5.74) is 4.98. The molecule has 5 N–H and O–H groups in total. The average Bonchev–Trinajstić information content (AvgIpc) is 2.42. The predicted molar refractivity (Wildman–Crippen MR) is 67.5 cm³/mol. The number of hydrogen-bond donors (Lipinski definition) is 4. The lowest BCUT2D eigenvalue weighted by Gasteiger charge is -2.06. The molecule has 0 radical (unpaired) electrons. The molecule has 1 aromatic carbocycles. The van der Waals surface area contributed by atoms with Crippen molar-refractivity contribution in [3.63, 3.8) is 0 Å². The third kappa shape index (κ3) is 2.79. The second-order valence-electron chi connectivity index (χ2n) is 3.59. The highest BCUT2D eigenvalue weighted by molar-refractivity contribution is 5.82. The fourth-order valence-corrected chi connectivity index (χ4v) is 1.36. The average molecular weight is 268 g/mol. The first-order chi connectivity index (χ1) is 9.44. The molecule has 7 nitrogen and oxygen atoms in total. The van der Waals surface area contributed by atoms with Crippen molar-refractivity contribution >= 4 is 5.57 Å². The molecule has 0 unspecified atom stereocenters. The van der Waals surface area contributed by atoms with Crippen LogP contribution in [0.2, 0.25) is 0 Å². The number of rotatable bonds is 2. The molecule has 1 rings (SSSR count). The Kier molecular flexibility index (Phi) is 4.19. The lowest BCUT2D eigenvalue weighted by molar-refractivity contribution is 0.367. The van der Waals surface area contributed by atoms with Crippen LogP contribution in [0.3, 0.4) is 0 Å². The summed E-state index contributed by atoms with van der Waals surface area (Å²) >= 11 is 0. The maximum Gasteiger partial charge on any atom is 0.200 e. The molecule has 1 aromatic rings. The highest BCUT2D eigenvalue weighted by atomic mass is 16.3. The quantitative estimate of drug-likeness (QED) is 0.353. The van der Waals surface area contributed by atoms with Crippen LogP contribution in [0.5, 0.6) is 17.2 Å². The molecular weight excluding hydrogens is 260 g/mol. The SMILES string of the molecule is N#CC(C#N)=C/C(N)=C(\C#N)c1cc(O)c(O)c(O)c1. The van der Waals surface area contributed by atoms with Crippen LogP contribution in [-0.4, -0.2) is 15.3 Å². The van der Waals surface area contributed by atoms with E-state index in [9.17, 15) is 15.3 Å². The topological polar surface area (TPSA) is 158 Å². The Balaban J connectivity index is 3.50. The van der Waals surface area contributed by atoms with E-state index in [4.69, 9.17) is 21.5 Å². The van der Waals surface area contributed by atoms with E-state index < -0.39 is 17.2 Å². The molecule has 0 aromatic heterocycles. The first-order valence-electron chi connectivity index (χ1n) is 5.11. The van der Waals surface area contributed by atoms with Gasteiger partial charge in [-0.15, -0.1) is 0 Å². The normalized spacial score (nSPS) is 10.4. The minimum absolute atomic E-state index is 0.0317. The van der Waals surface area contributed by atoms with E-state index in [0.717, 1.165) is 18.2 Å². The molecular formula is C13H8N4O3. The van der Waals surface area contributed by atoms with Crippen molar-refractivity contribution in [2.75, 3.05) is 0 Å². The Bertz CT molecular complexity index is 703. The van der Waals surface area contributed by atoms with Gasteiger partial charge in [0.1, 0.15) is 23.8 Å². The monoisotopic (exact) mass is 268 g/mol. The van der Waals surface area contributed by atoms with Crippen LogP contribution in [0.25, 0.3) is 5.57 Å². The maximum atomic E-state index is 9.38. The van der Waals surface area contributed by atoms with E-state index in [1.54, 1.807) is 18.2 Å². The number of phenols is 3. The van der Waals surface area contributed by atoms with Gasteiger partial charge in [-0.25, -0.2) is 0 Å². The zero-order valence-electron chi connectivity index (χ0n) is 9.99. The van der Waals surface area contributed by atoms with Crippen molar-refractivity contribution in [2.24, 2.45) is 5.73 Å². The molecule has 0 heterocycles. The highest BCUT2D eigenvalue weighted by Crippen LogP contribution is 2.37. The lowest BCUT2D eigenvalue weighted by atomic mass is 10.0.